The molecule has 0 aromatic heterocycles. The van der Waals surface area contributed by atoms with Crippen LogP contribution in [-0.4, -0.2) is 26.1 Å². The Kier molecular flexibility index (Phi) is 6.21. The maximum Gasteiger partial charge on any atom is 0.337 e. The molecule has 0 heterocycles. The van der Waals surface area contributed by atoms with Crippen LogP contribution < -0.4 is 10.1 Å². The van der Waals surface area contributed by atoms with E-state index in [-0.39, 0.29) is 12.3 Å². The largest absolute Gasteiger partial charge is 0.496 e. The molecule has 0 saturated carbocycles. The Morgan fingerprint density at radius 1 is 1.12 bits per heavy atom. The van der Waals surface area contributed by atoms with Crippen LogP contribution in [0.15, 0.2) is 42.5 Å². The molecule has 24 heavy (non-hydrogen) atoms. The normalized spacial score (nSPS) is 10.1. The van der Waals surface area contributed by atoms with Crippen molar-refractivity contribution in [1.82, 2.24) is 0 Å². The van der Waals surface area contributed by atoms with Crippen molar-refractivity contribution in [1.29, 1.82) is 0 Å². The summed E-state index contributed by atoms with van der Waals surface area (Å²) in [6.45, 7) is 0. The summed E-state index contributed by atoms with van der Waals surface area (Å²) in [5, 5.41) is 3.07. The van der Waals surface area contributed by atoms with Crippen LogP contribution in [0, 0.1) is 0 Å². The monoisotopic (exact) mass is 347 g/mol. The summed E-state index contributed by atoms with van der Waals surface area (Å²) in [6.07, 6.45) is 0.795. The maximum absolute atomic E-state index is 12.2. The molecule has 1 amide bonds. The van der Waals surface area contributed by atoms with Crippen LogP contribution in [0.25, 0.3) is 0 Å². The summed E-state index contributed by atoms with van der Waals surface area (Å²) in [7, 11) is 2.89. The lowest BCUT2D eigenvalue weighted by Crippen LogP contribution is -2.13. The van der Waals surface area contributed by atoms with E-state index in [0.717, 1.165) is 11.3 Å². The molecule has 2 rings (SSSR count). The molecule has 0 saturated heterocycles. The third-order valence-corrected chi connectivity index (χ3v) is 3.81. The molecule has 5 nitrogen and oxygen atoms in total. The fraction of sp³-hybridized carbons (Fsp3) is 0.222. The summed E-state index contributed by atoms with van der Waals surface area (Å²) in [5.74, 6) is 0.0528. The standard InChI is InChI=1S/C18H18ClNO4/c1-23-16-6-4-3-5-12(16)8-10-17(21)20-15-11-13(18(22)24-2)7-9-14(15)19/h3-7,9,11H,8,10H2,1-2H3,(H,20,21). The van der Waals surface area contributed by atoms with E-state index in [9.17, 15) is 9.59 Å². The molecule has 0 radical (unpaired) electrons. The van der Waals surface area contributed by atoms with Crippen molar-refractivity contribution >= 4 is 29.2 Å². The van der Waals surface area contributed by atoms with Crippen molar-refractivity contribution in [2.45, 2.75) is 12.8 Å². The fourth-order valence-corrected chi connectivity index (χ4v) is 2.40. The highest BCUT2D eigenvalue weighted by Crippen LogP contribution is 2.24. The van der Waals surface area contributed by atoms with Gasteiger partial charge in [0.1, 0.15) is 5.75 Å². The highest BCUT2D eigenvalue weighted by Gasteiger charge is 2.12. The van der Waals surface area contributed by atoms with E-state index in [2.05, 4.69) is 10.1 Å². The molecule has 0 spiro atoms. The summed E-state index contributed by atoms with van der Waals surface area (Å²) in [4.78, 5) is 23.7. The summed E-state index contributed by atoms with van der Waals surface area (Å²) in [5.41, 5.74) is 1.65. The van der Waals surface area contributed by atoms with Gasteiger partial charge in [-0.2, -0.15) is 0 Å². The number of benzene rings is 2. The smallest absolute Gasteiger partial charge is 0.337 e. The SMILES string of the molecule is COC(=O)c1ccc(Cl)c(NC(=O)CCc2ccccc2OC)c1. The Hall–Kier alpha value is -2.53. The number of esters is 1. The minimum Gasteiger partial charge on any atom is -0.496 e. The summed E-state index contributed by atoms with van der Waals surface area (Å²) >= 11 is 6.07. The molecule has 0 fully saturated rings. The van der Waals surface area contributed by atoms with Crippen molar-refractivity contribution in [3.05, 3.63) is 58.6 Å². The Bertz CT molecular complexity index is 746. The predicted molar refractivity (Wildman–Crippen MR) is 92.7 cm³/mol. The molecular formula is C18H18ClNO4. The number of hydrogen-bond donors (Lipinski definition) is 1. The number of nitrogens with one attached hydrogen (secondary N) is 1. The number of aryl methyl sites for hydroxylation is 1. The molecule has 0 aliphatic heterocycles. The number of carbonyl (C=O) groups excluding carboxylic acids is 2. The van der Waals surface area contributed by atoms with Crippen LogP contribution in [0.4, 0.5) is 5.69 Å². The number of methoxy groups -OCH3 is 2. The molecule has 0 bridgehead atoms. The van der Waals surface area contributed by atoms with E-state index in [4.69, 9.17) is 16.3 Å². The van der Waals surface area contributed by atoms with E-state index in [1.165, 1.54) is 13.2 Å². The van der Waals surface area contributed by atoms with Gasteiger partial charge >= 0.3 is 5.97 Å². The number of amides is 1. The number of para-hydroxylation sites is 1. The topological polar surface area (TPSA) is 64.6 Å². The predicted octanol–water partition coefficient (Wildman–Crippen LogP) is 3.71. The quantitative estimate of drug-likeness (QED) is 0.809. The van der Waals surface area contributed by atoms with E-state index in [1.54, 1.807) is 19.2 Å². The first-order valence-corrected chi connectivity index (χ1v) is 7.72. The van der Waals surface area contributed by atoms with Gasteiger partial charge in [0.15, 0.2) is 0 Å². The molecule has 1 N–H and O–H groups in total. The Balaban J connectivity index is 2.03. The van der Waals surface area contributed by atoms with Crippen molar-refractivity contribution in [2.24, 2.45) is 0 Å². The first-order valence-electron chi connectivity index (χ1n) is 7.34. The van der Waals surface area contributed by atoms with Gasteiger partial charge in [-0.05, 0) is 36.2 Å². The second kappa shape index (κ2) is 8.36. The van der Waals surface area contributed by atoms with Crippen LogP contribution in [0.3, 0.4) is 0 Å². The van der Waals surface area contributed by atoms with E-state index < -0.39 is 5.97 Å². The van der Waals surface area contributed by atoms with Crippen molar-refractivity contribution in [2.75, 3.05) is 19.5 Å². The van der Waals surface area contributed by atoms with Gasteiger partial charge in [-0.15, -0.1) is 0 Å². The average Bonchev–Trinajstić information content (AvgIpc) is 2.61. The van der Waals surface area contributed by atoms with Gasteiger partial charge in [0.2, 0.25) is 5.91 Å². The maximum atomic E-state index is 12.2. The molecule has 2 aromatic rings. The number of halogens is 1. The van der Waals surface area contributed by atoms with Crippen LogP contribution in [0.1, 0.15) is 22.3 Å². The third-order valence-electron chi connectivity index (χ3n) is 3.48. The Morgan fingerprint density at radius 3 is 2.58 bits per heavy atom. The number of ether oxygens (including phenoxy) is 2. The Morgan fingerprint density at radius 2 is 1.88 bits per heavy atom. The highest BCUT2D eigenvalue weighted by molar-refractivity contribution is 6.33. The molecule has 126 valence electrons. The van der Waals surface area contributed by atoms with Gasteiger partial charge in [0.25, 0.3) is 0 Å². The lowest BCUT2D eigenvalue weighted by atomic mass is 10.1. The summed E-state index contributed by atoms with van der Waals surface area (Å²) in [6, 6.07) is 12.1. The van der Waals surface area contributed by atoms with Gasteiger partial charge in [0.05, 0.1) is 30.5 Å². The second-order valence-corrected chi connectivity index (χ2v) is 5.45. The first-order chi connectivity index (χ1) is 11.5. The zero-order valence-electron chi connectivity index (χ0n) is 13.5. The van der Waals surface area contributed by atoms with Gasteiger partial charge in [0, 0.05) is 6.42 Å². The van der Waals surface area contributed by atoms with E-state index in [1.807, 2.05) is 24.3 Å². The first kappa shape index (κ1) is 17.8. The zero-order chi connectivity index (χ0) is 17.5. The van der Waals surface area contributed by atoms with Gasteiger partial charge in [-0.1, -0.05) is 29.8 Å². The second-order valence-electron chi connectivity index (χ2n) is 5.05. The molecule has 2 aromatic carbocycles. The third kappa shape index (κ3) is 4.49. The molecule has 0 atom stereocenters. The number of anilines is 1. The molecular weight excluding hydrogens is 330 g/mol. The minimum atomic E-state index is -0.490. The van der Waals surface area contributed by atoms with Crippen molar-refractivity contribution in [3.8, 4) is 5.75 Å². The summed E-state index contributed by atoms with van der Waals surface area (Å²) < 4.78 is 9.92. The minimum absolute atomic E-state index is 0.204. The molecule has 0 unspecified atom stereocenters. The molecule has 0 aliphatic carbocycles. The lowest BCUT2D eigenvalue weighted by Gasteiger charge is -2.10. The van der Waals surface area contributed by atoms with Crippen molar-refractivity contribution in [3.63, 3.8) is 0 Å². The van der Waals surface area contributed by atoms with Crippen LogP contribution in [-0.2, 0) is 16.0 Å². The molecule has 6 heteroatoms. The number of carbonyl (C=O) groups is 2. The lowest BCUT2D eigenvalue weighted by molar-refractivity contribution is -0.116. The fourth-order valence-electron chi connectivity index (χ4n) is 2.24. The zero-order valence-corrected chi connectivity index (χ0v) is 14.2. The molecule has 0 aliphatic rings. The number of rotatable bonds is 6. The van der Waals surface area contributed by atoms with E-state index in [0.29, 0.717) is 22.7 Å². The van der Waals surface area contributed by atoms with Gasteiger partial charge in [-0.3, -0.25) is 4.79 Å². The van der Waals surface area contributed by atoms with Gasteiger partial charge in [-0.25, -0.2) is 4.79 Å². The van der Waals surface area contributed by atoms with Crippen LogP contribution in [0.5, 0.6) is 5.75 Å². The average molecular weight is 348 g/mol. The van der Waals surface area contributed by atoms with E-state index >= 15 is 0 Å². The van der Waals surface area contributed by atoms with Crippen LogP contribution in [0.2, 0.25) is 5.02 Å². The number of hydrogen-bond acceptors (Lipinski definition) is 4. The van der Waals surface area contributed by atoms with Crippen LogP contribution >= 0.6 is 11.6 Å². The Labute approximate surface area is 145 Å². The van der Waals surface area contributed by atoms with Gasteiger partial charge < -0.3 is 14.8 Å². The highest BCUT2D eigenvalue weighted by atomic mass is 35.5. The van der Waals surface area contributed by atoms with Crippen molar-refractivity contribution < 1.29 is 19.1 Å².